The van der Waals surface area contributed by atoms with Crippen molar-refractivity contribution in [2.45, 2.75) is 32.2 Å². The van der Waals surface area contributed by atoms with Crippen LogP contribution in [-0.2, 0) is 9.53 Å². The molecular weight excluding hydrogens is 224 g/mol. The standard InChI is InChI=1S/C11H20N2O4/c1-2-8(10(14)15)6-12-11(16)13-9-4-3-5-17-7-9/h8-9H,2-7H2,1H3,(H,14,15)(H2,12,13,16). The molecule has 0 bridgehead atoms. The normalized spacial score (nSPS) is 21.6. The number of nitrogens with one attached hydrogen (secondary N) is 2. The average molecular weight is 244 g/mol. The fourth-order valence-corrected chi connectivity index (χ4v) is 1.71. The summed E-state index contributed by atoms with van der Waals surface area (Å²) in [6, 6.07) is -0.283. The lowest BCUT2D eigenvalue weighted by molar-refractivity contribution is -0.141. The third-order valence-electron chi connectivity index (χ3n) is 2.85. The number of hydrogen-bond donors (Lipinski definition) is 3. The van der Waals surface area contributed by atoms with E-state index in [0.717, 1.165) is 19.4 Å². The van der Waals surface area contributed by atoms with E-state index in [9.17, 15) is 9.59 Å². The monoisotopic (exact) mass is 244 g/mol. The maximum Gasteiger partial charge on any atom is 0.315 e. The van der Waals surface area contributed by atoms with Gasteiger partial charge in [0.05, 0.1) is 18.6 Å². The number of hydrogen-bond acceptors (Lipinski definition) is 3. The van der Waals surface area contributed by atoms with E-state index in [4.69, 9.17) is 9.84 Å². The average Bonchev–Trinajstić information content (AvgIpc) is 2.30. The van der Waals surface area contributed by atoms with E-state index in [2.05, 4.69) is 10.6 Å². The quantitative estimate of drug-likeness (QED) is 0.660. The van der Waals surface area contributed by atoms with Crippen molar-refractivity contribution >= 4 is 12.0 Å². The first-order valence-electron chi connectivity index (χ1n) is 5.98. The van der Waals surface area contributed by atoms with Crippen LogP contribution >= 0.6 is 0 Å². The lowest BCUT2D eigenvalue weighted by Gasteiger charge is -2.23. The Morgan fingerprint density at radius 1 is 1.53 bits per heavy atom. The number of carboxylic acid groups (broad SMARTS) is 1. The second-order valence-electron chi connectivity index (χ2n) is 4.21. The zero-order chi connectivity index (χ0) is 12.7. The molecule has 3 N–H and O–H groups in total. The third kappa shape index (κ3) is 5.04. The van der Waals surface area contributed by atoms with Crippen molar-refractivity contribution in [3.8, 4) is 0 Å². The summed E-state index contributed by atoms with van der Waals surface area (Å²) in [5.41, 5.74) is 0. The molecule has 0 aromatic heterocycles. The number of amides is 2. The predicted octanol–water partition coefficient (Wildman–Crippen LogP) is 0.575. The first-order chi connectivity index (χ1) is 8.13. The highest BCUT2D eigenvalue weighted by atomic mass is 16.5. The van der Waals surface area contributed by atoms with Gasteiger partial charge in [-0.25, -0.2) is 4.79 Å². The van der Waals surface area contributed by atoms with Crippen molar-refractivity contribution < 1.29 is 19.4 Å². The van der Waals surface area contributed by atoms with Gasteiger partial charge in [-0.05, 0) is 19.3 Å². The summed E-state index contributed by atoms with van der Waals surface area (Å²) in [7, 11) is 0. The minimum absolute atomic E-state index is 0.0358. The molecule has 6 heteroatoms. The number of carboxylic acids is 1. The Labute approximate surface area is 101 Å². The highest BCUT2D eigenvalue weighted by molar-refractivity contribution is 5.76. The Balaban J connectivity index is 2.21. The molecule has 1 heterocycles. The second kappa shape index (κ2) is 7.11. The van der Waals surface area contributed by atoms with Crippen molar-refractivity contribution in [3.05, 3.63) is 0 Å². The molecule has 0 aliphatic carbocycles. The summed E-state index contributed by atoms with van der Waals surface area (Å²) < 4.78 is 5.23. The van der Waals surface area contributed by atoms with Gasteiger partial charge in [-0.2, -0.15) is 0 Å². The van der Waals surface area contributed by atoms with Gasteiger partial charge >= 0.3 is 12.0 Å². The van der Waals surface area contributed by atoms with Gasteiger partial charge in [0.25, 0.3) is 0 Å². The molecule has 0 spiro atoms. The molecule has 1 aliphatic heterocycles. The van der Waals surface area contributed by atoms with Crippen LogP contribution in [0.25, 0.3) is 0 Å². The maximum atomic E-state index is 11.5. The van der Waals surface area contributed by atoms with Gasteiger partial charge in [0, 0.05) is 13.2 Å². The molecule has 2 atom stereocenters. The number of aliphatic carboxylic acids is 1. The number of carbonyl (C=O) groups excluding carboxylic acids is 1. The van der Waals surface area contributed by atoms with Crippen molar-refractivity contribution in [2.75, 3.05) is 19.8 Å². The maximum absolute atomic E-state index is 11.5. The zero-order valence-corrected chi connectivity index (χ0v) is 10.1. The van der Waals surface area contributed by atoms with E-state index in [0.29, 0.717) is 13.0 Å². The molecule has 0 radical (unpaired) electrons. The van der Waals surface area contributed by atoms with E-state index in [-0.39, 0.29) is 18.6 Å². The lowest BCUT2D eigenvalue weighted by Crippen LogP contribution is -2.47. The minimum atomic E-state index is -0.881. The van der Waals surface area contributed by atoms with Gasteiger partial charge in [-0.1, -0.05) is 6.92 Å². The predicted molar refractivity (Wildman–Crippen MR) is 61.8 cm³/mol. The molecule has 98 valence electrons. The molecule has 6 nitrogen and oxygen atoms in total. The number of urea groups is 1. The van der Waals surface area contributed by atoms with E-state index in [1.165, 1.54) is 0 Å². The topological polar surface area (TPSA) is 87.7 Å². The summed E-state index contributed by atoms with van der Waals surface area (Å²) in [4.78, 5) is 22.2. The van der Waals surface area contributed by atoms with E-state index >= 15 is 0 Å². The summed E-state index contributed by atoms with van der Waals surface area (Å²) in [6.45, 7) is 3.22. The summed E-state index contributed by atoms with van der Waals surface area (Å²) >= 11 is 0. The van der Waals surface area contributed by atoms with Gasteiger partial charge in [-0.3, -0.25) is 4.79 Å². The van der Waals surface area contributed by atoms with Crippen LogP contribution in [-0.4, -0.2) is 42.9 Å². The van der Waals surface area contributed by atoms with Gasteiger partial charge < -0.3 is 20.5 Å². The fraction of sp³-hybridized carbons (Fsp3) is 0.818. The molecular formula is C11H20N2O4. The van der Waals surface area contributed by atoms with Crippen LogP contribution in [0.4, 0.5) is 4.79 Å². The van der Waals surface area contributed by atoms with E-state index in [1.807, 2.05) is 0 Å². The Morgan fingerprint density at radius 3 is 2.82 bits per heavy atom. The number of rotatable bonds is 5. The molecule has 0 saturated carbocycles. The van der Waals surface area contributed by atoms with Crippen molar-refractivity contribution in [2.24, 2.45) is 5.92 Å². The molecule has 0 aromatic carbocycles. The zero-order valence-electron chi connectivity index (χ0n) is 10.1. The van der Waals surface area contributed by atoms with E-state index < -0.39 is 11.9 Å². The molecule has 17 heavy (non-hydrogen) atoms. The Bertz CT molecular complexity index is 264. The molecule has 1 saturated heterocycles. The molecule has 2 amide bonds. The second-order valence-corrected chi connectivity index (χ2v) is 4.21. The largest absolute Gasteiger partial charge is 0.481 e. The fourth-order valence-electron chi connectivity index (χ4n) is 1.71. The summed E-state index contributed by atoms with van der Waals surface area (Å²) in [5, 5.41) is 14.2. The van der Waals surface area contributed by atoms with Crippen LogP contribution in [0.15, 0.2) is 0 Å². The minimum Gasteiger partial charge on any atom is -0.481 e. The summed E-state index contributed by atoms with van der Waals surface area (Å²) in [5.74, 6) is -1.41. The third-order valence-corrected chi connectivity index (χ3v) is 2.85. The Kier molecular flexibility index (Phi) is 5.76. The van der Waals surface area contributed by atoms with Crippen LogP contribution in [0, 0.1) is 5.92 Å². The lowest BCUT2D eigenvalue weighted by atomic mass is 10.1. The molecule has 1 fully saturated rings. The van der Waals surface area contributed by atoms with Crippen LogP contribution in [0.3, 0.4) is 0 Å². The Morgan fingerprint density at radius 2 is 2.29 bits per heavy atom. The summed E-state index contributed by atoms with van der Waals surface area (Å²) in [6.07, 6.45) is 2.35. The number of carbonyl (C=O) groups is 2. The van der Waals surface area contributed by atoms with Gasteiger partial charge in [0.1, 0.15) is 0 Å². The van der Waals surface area contributed by atoms with Crippen LogP contribution in [0.2, 0.25) is 0 Å². The van der Waals surface area contributed by atoms with Crippen molar-refractivity contribution in [1.29, 1.82) is 0 Å². The van der Waals surface area contributed by atoms with Gasteiger partial charge in [-0.15, -0.1) is 0 Å². The van der Waals surface area contributed by atoms with E-state index in [1.54, 1.807) is 6.92 Å². The number of ether oxygens (including phenoxy) is 1. The Hall–Kier alpha value is -1.30. The highest BCUT2D eigenvalue weighted by Gasteiger charge is 2.18. The van der Waals surface area contributed by atoms with Crippen molar-refractivity contribution in [3.63, 3.8) is 0 Å². The van der Waals surface area contributed by atoms with Gasteiger partial charge in [0.15, 0.2) is 0 Å². The first kappa shape index (κ1) is 13.8. The van der Waals surface area contributed by atoms with Crippen molar-refractivity contribution in [1.82, 2.24) is 10.6 Å². The van der Waals surface area contributed by atoms with Crippen LogP contribution in [0.1, 0.15) is 26.2 Å². The smallest absolute Gasteiger partial charge is 0.315 e. The molecule has 2 unspecified atom stereocenters. The molecule has 1 aliphatic rings. The van der Waals surface area contributed by atoms with Gasteiger partial charge in [0.2, 0.25) is 0 Å². The molecule has 0 aromatic rings. The highest BCUT2D eigenvalue weighted by Crippen LogP contribution is 2.05. The SMILES string of the molecule is CCC(CNC(=O)NC1CCCOC1)C(=O)O. The van der Waals surface area contributed by atoms with Crippen LogP contribution < -0.4 is 10.6 Å². The van der Waals surface area contributed by atoms with Crippen LogP contribution in [0.5, 0.6) is 0 Å². The first-order valence-corrected chi connectivity index (χ1v) is 5.98. The molecule has 1 rings (SSSR count).